The molecule has 6 heteroatoms. The Hall–Kier alpha value is -1.82. The summed E-state index contributed by atoms with van der Waals surface area (Å²) in [4.78, 5) is 12.7. The predicted octanol–water partition coefficient (Wildman–Crippen LogP) is 2.62. The van der Waals surface area contributed by atoms with Gasteiger partial charge in [-0.25, -0.2) is 0 Å². The van der Waals surface area contributed by atoms with Gasteiger partial charge >= 0.3 is 0 Å². The van der Waals surface area contributed by atoms with Crippen LogP contribution in [0, 0.1) is 10.1 Å². The van der Waals surface area contributed by atoms with E-state index in [2.05, 4.69) is 19.2 Å². The van der Waals surface area contributed by atoms with Crippen molar-refractivity contribution >= 4 is 17.1 Å². The van der Waals surface area contributed by atoms with Gasteiger partial charge in [0.15, 0.2) is 0 Å². The summed E-state index contributed by atoms with van der Waals surface area (Å²) in [6.07, 6.45) is 1.85. The van der Waals surface area contributed by atoms with E-state index in [9.17, 15) is 15.2 Å². The number of aliphatic hydroxyl groups excluding tert-OH is 1. The number of hydrogen-bond acceptors (Lipinski definition) is 5. The Balaban J connectivity index is 3.23. The van der Waals surface area contributed by atoms with Crippen molar-refractivity contribution < 1.29 is 10.0 Å². The van der Waals surface area contributed by atoms with E-state index in [1.165, 1.54) is 6.07 Å². The third kappa shape index (κ3) is 3.84. The van der Waals surface area contributed by atoms with Gasteiger partial charge in [-0.1, -0.05) is 13.8 Å². The lowest BCUT2D eigenvalue weighted by Crippen LogP contribution is -2.36. The second-order valence-corrected chi connectivity index (χ2v) is 4.63. The summed E-state index contributed by atoms with van der Waals surface area (Å²) in [5.74, 6) is 0. The Morgan fingerprint density at radius 1 is 1.35 bits per heavy atom. The largest absolute Gasteiger partial charge is 0.395 e. The molecule has 0 aliphatic heterocycles. The first-order chi connectivity index (χ1) is 9.57. The summed E-state index contributed by atoms with van der Waals surface area (Å²) in [5, 5.41) is 23.2. The van der Waals surface area contributed by atoms with Gasteiger partial charge in [0.1, 0.15) is 0 Å². The molecule has 1 aromatic rings. The maximum Gasteiger partial charge on any atom is 0.273 e. The zero-order chi connectivity index (χ0) is 15.1. The number of nitrogens with zero attached hydrogens (tertiary/aromatic N) is 2. The minimum Gasteiger partial charge on any atom is -0.395 e. The Morgan fingerprint density at radius 3 is 2.45 bits per heavy atom. The van der Waals surface area contributed by atoms with Crippen molar-refractivity contribution in [3.05, 3.63) is 28.3 Å². The fraction of sp³-hybridized carbons (Fsp3) is 0.571. The maximum atomic E-state index is 11.0. The molecule has 0 amide bonds. The highest BCUT2D eigenvalue weighted by atomic mass is 16.6. The average Bonchev–Trinajstić information content (AvgIpc) is 2.46. The number of benzene rings is 1. The first-order valence-corrected chi connectivity index (χ1v) is 6.92. The molecule has 0 aromatic heterocycles. The fourth-order valence-corrected chi connectivity index (χ4v) is 2.37. The highest BCUT2D eigenvalue weighted by Gasteiger charge is 2.19. The summed E-state index contributed by atoms with van der Waals surface area (Å²) in [6.45, 7) is 4.65. The SMILES string of the molecule is CCC(CC)N(CCO)c1cc(NC)cc([N+](=O)[O-])c1. The number of rotatable bonds is 8. The number of nitrogens with one attached hydrogen (secondary N) is 1. The van der Waals surface area contributed by atoms with Crippen LogP contribution in [0.25, 0.3) is 0 Å². The van der Waals surface area contributed by atoms with Gasteiger partial charge in [0.25, 0.3) is 5.69 Å². The summed E-state index contributed by atoms with van der Waals surface area (Å²) in [5.41, 5.74) is 1.52. The molecule has 0 saturated heterocycles. The van der Waals surface area contributed by atoms with Crippen molar-refractivity contribution in [2.75, 3.05) is 30.4 Å². The predicted molar refractivity (Wildman–Crippen MR) is 81.4 cm³/mol. The third-order valence-electron chi connectivity index (χ3n) is 3.46. The van der Waals surface area contributed by atoms with Crippen LogP contribution in [0.1, 0.15) is 26.7 Å². The van der Waals surface area contributed by atoms with E-state index in [1.807, 2.05) is 11.0 Å². The molecule has 0 atom stereocenters. The molecular formula is C14H23N3O3. The van der Waals surface area contributed by atoms with Gasteiger partial charge < -0.3 is 15.3 Å². The van der Waals surface area contributed by atoms with Gasteiger partial charge in [-0.05, 0) is 18.9 Å². The van der Waals surface area contributed by atoms with Crippen LogP contribution in [-0.2, 0) is 0 Å². The van der Waals surface area contributed by atoms with Crippen molar-refractivity contribution in [1.82, 2.24) is 0 Å². The molecule has 0 aliphatic rings. The van der Waals surface area contributed by atoms with Crippen LogP contribution in [0.5, 0.6) is 0 Å². The number of non-ortho nitro benzene ring substituents is 1. The summed E-state index contributed by atoms with van der Waals surface area (Å²) in [7, 11) is 1.73. The van der Waals surface area contributed by atoms with Crippen molar-refractivity contribution in [3.8, 4) is 0 Å². The lowest BCUT2D eigenvalue weighted by molar-refractivity contribution is -0.384. The summed E-state index contributed by atoms with van der Waals surface area (Å²) >= 11 is 0. The van der Waals surface area contributed by atoms with E-state index in [0.29, 0.717) is 12.2 Å². The van der Waals surface area contributed by atoms with E-state index in [1.54, 1.807) is 13.1 Å². The summed E-state index contributed by atoms with van der Waals surface area (Å²) < 4.78 is 0. The maximum absolute atomic E-state index is 11.0. The van der Waals surface area contributed by atoms with Gasteiger partial charge in [0.05, 0.1) is 11.5 Å². The topological polar surface area (TPSA) is 78.6 Å². The number of aliphatic hydroxyl groups is 1. The van der Waals surface area contributed by atoms with Gasteiger partial charge in [-0.3, -0.25) is 10.1 Å². The van der Waals surface area contributed by atoms with Crippen molar-refractivity contribution in [3.63, 3.8) is 0 Å². The molecular weight excluding hydrogens is 258 g/mol. The molecule has 2 N–H and O–H groups in total. The highest BCUT2D eigenvalue weighted by Crippen LogP contribution is 2.29. The number of nitro benzene ring substituents is 1. The molecule has 0 saturated carbocycles. The zero-order valence-electron chi connectivity index (χ0n) is 12.3. The van der Waals surface area contributed by atoms with Crippen LogP contribution in [-0.4, -0.2) is 36.3 Å². The van der Waals surface area contributed by atoms with E-state index in [-0.39, 0.29) is 18.3 Å². The van der Waals surface area contributed by atoms with Crippen LogP contribution < -0.4 is 10.2 Å². The van der Waals surface area contributed by atoms with Crippen LogP contribution in [0.2, 0.25) is 0 Å². The smallest absolute Gasteiger partial charge is 0.273 e. The second-order valence-electron chi connectivity index (χ2n) is 4.63. The van der Waals surface area contributed by atoms with Crippen molar-refractivity contribution in [2.45, 2.75) is 32.7 Å². The standard InChI is InChI=1S/C14H23N3O3/c1-4-12(5-2)16(6-7-18)13-8-11(15-3)9-14(10-13)17(19)20/h8-10,12,15,18H,4-7H2,1-3H3. The Bertz CT molecular complexity index is 447. The quantitative estimate of drug-likeness (QED) is 0.565. The number of anilines is 2. The first-order valence-electron chi connectivity index (χ1n) is 6.92. The molecule has 20 heavy (non-hydrogen) atoms. The molecule has 0 heterocycles. The van der Waals surface area contributed by atoms with E-state index < -0.39 is 4.92 Å². The van der Waals surface area contributed by atoms with E-state index >= 15 is 0 Å². The van der Waals surface area contributed by atoms with Crippen LogP contribution in [0.4, 0.5) is 17.1 Å². The van der Waals surface area contributed by atoms with Gasteiger partial charge in [0.2, 0.25) is 0 Å². The van der Waals surface area contributed by atoms with Crippen molar-refractivity contribution in [2.24, 2.45) is 0 Å². The molecule has 0 unspecified atom stereocenters. The van der Waals surface area contributed by atoms with E-state index in [4.69, 9.17) is 0 Å². The average molecular weight is 281 g/mol. The molecule has 0 radical (unpaired) electrons. The molecule has 6 nitrogen and oxygen atoms in total. The monoisotopic (exact) mass is 281 g/mol. The third-order valence-corrected chi connectivity index (χ3v) is 3.46. The first kappa shape index (κ1) is 16.2. The minimum absolute atomic E-state index is 0.0219. The van der Waals surface area contributed by atoms with Gasteiger partial charge in [0, 0.05) is 43.1 Å². The molecule has 0 fully saturated rings. The lowest BCUT2D eigenvalue weighted by Gasteiger charge is -2.32. The van der Waals surface area contributed by atoms with Crippen LogP contribution in [0.15, 0.2) is 18.2 Å². The van der Waals surface area contributed by atoms with E-state index in [0.717, 1.165) is 18.5 Å². The molecule has 1 aromatic carbocycles. The highest BCUT2D eigenvalue weighted by molar-refractivity contribution is 5.64. The molecule has 0 spiro atoms. The Labute approximate surface area is 119 Å². The molecule has 0 bridgehead atoms. The Kier molecular flexibility index (Phi) is 6.24. The Morgan fingerprint density at radius 2 is 2.00 bits per heavy atom. The van der Waals surface area contributed by atoms with Gasteiger partial charge in [-0.2, -0.15) is 0 Å². The van der Waals surface area contributed by atoms with Crippen molar-refractivity contribution in [1.29, 1.82) is 0 Å². The fourth-order valence-electron chi connectivity index (χ4n) is 2.37. The molecule has 1 rings (SSSR count). The zero-order valence-corrected chi connectivity index (χ0v) is 12.3. The molecule has 112 valence electrons. The minimum atomic E-state index is -0.394. The normalized spacial score (nSPS) is 10.7. The number of hydrogen-bond donors (Lipinski definition) is 2. The van der Waals surface area contributed by atoms with Gasteiger partial charge in [-0.15, -0.1) is 0 Å². The van der Waals surface area contributed by atoms with Crippen LogP contribution in [0.3, 0.4) is 0 Å². The second kappa shape index (κ2) is 7.69. The molecule has 0 aliphatic carbocycles. The lowest BCUT2D eigenvalue weighted by atomic mass is 10.1. The number of nitro groups is 1. The van der Waals surface area contributed by atoms with Crippen LogP contribution >= 0.6 is 0 Å². The summed E-state index contributed by atoms with van der Waals surface area (Å²) in [6, 6.07) is 5.21.